The Hall–Kier alpha value is -0.120. The molecule has 0 saturated heterocycles. The molecule has 0 radical (unpaired) electrons. The first-order valence-electron chi connectivity index (χ1n) is 4.11. The van der Waals surface area contributed by atoms with Crippen LogP contribution in [-0.2, 0) is 9.47 Å². The van der Waals surface area contributed by atoms with Gasteiger partial charge in [-0.05, 0) is 13.8 Å². The van der Waals surface area contributed by atoms with Crippen molar-refractivity contribution < 1.29 is 9.47 Å². The van der Waals surface area contributed by atoms with Crippen LogP contribution in [0.5, 0.6) is 0 Å². The third-order valence-corrected chi connectivity index (χ3v) is 1.37. The van der Waals surface area contributed by atoms with Crippen LogP contribution in [0.2, 0.25) is 0 Å². The van der Waals surface area contributed by atoms with E-state index in [2.05, 4.69) is 12.2 Å². The summed E-state index contributed by atoms with van der Waals surface area (Å²) in [6.45, 7) is 7.32. The van der Waals surface area contributed by atoms with Crippen LogP contribution in [0, 0.1) is 0 Å². The summed E-state index contributed by atoms with van der Waals surface area (Å²) in [7, 11) is 1.70. The van der Waals surface area contributed by atoms with Crippen LogP contribution in [0.4, 0.5) is 0 Å². The first-order valence-corrected chi connectivity index (χ1v) is 4.11. The maximum atomic E-state index is 5.22. The summed E-state index contributed by atoms with van der Waals surface area (Å²) in [6, 6.07) is 0.421. The molecule has 0 spiro atoms. The summed E-state index contributed by atoms with van der Waals surface area (Å²) in [5, 5.41) is 3.27. The molecule has 0 aliphatic rings. The van der Waals surface area contributed by atoms with Gasteiger partial charge in [0.2, 0.25) is 0 Å². The maximum Gasteiger partial charge on any atom is 0.0616 e. The van der Waals surface area contributed by atoms with Crippen molar-refractivity contribution in [2.24, 2.45) is 0 Å². The minimum absolute atomic E-state index is 0.421. The van der Waals surface area contributed by atoms with E-state index in [1.165, 1.54) is 0 Å². The fraction of sp³-hybridized carbons (Fsp3) is 1.00. The van der Waals surface area contributed by atoms with Gasteiger partial charge >= 0.3 is 0 Å². The molecule has 1 unspecified atom stereocenters. The molecule has 0 saturated carbocycles. The Labute approximate surface area is 69.1 Å². The van der Waals surface area contributed by atoms with Crippen LogP contribution in [0.15, 0.2) is 0 Å². The monoisotopic (exact) mass is 161 g/mol. The summed E-state index contributed by atoms with van der Waals surface area (Å²) in [5.74, 6) is 0. The topological polar surface area (TPSA) is 30.5 Å². The van der Waals surface area contributed by atoms with Crippen molar-refractivity contribution in [1.29, 1.82) is 0 Å². The van der Waals surface area contributed by atoms with E-state index in [-0.39, 0.29) is 0 Å². The van der Waals surface area contributed by atoms with Crippen molar-refractivity contribution >= 4 is 0 Å². The molecular formula is C8H19NO2. The Morgan fingerprint density at radius 3 is 2.73 bits per heavy atom. The molecule has 0 aromatic rings. The highest BCUT2D eigenvalue weighted by Crippen LogP contribution is 1.82. The van der Waals surface area contributed by atoms with E-state index in [0.717, 1.165) is 26.4 Å². The Bertz CT molecular complexity index is 78.5. The number of hydrogen-bond donors (Lipinski definition) is 1. The van der Waals surface area contributed by atoms with Crippen LogP contribution in [-0.4, -0.2) is 39.5 Å². The summed E-state index contributed by atoms with van der Waals surface area (Å²) in [5.41, 5.74) is 0. The molecule has 1 atom stereocenters. The largest absolute Gasteiger partial charge is 0.383 e. The Morgan fingerprint density at radius 2 is 2.18 bits per heavy atom. The maximum absolute atomic E-state index is 5.22. The molecule has 68 valence electrons. The van der Waals surface area contributed by atoms with Crippen molar-refractivity contribution in [1.82, 2.24) is 5.32 Å². The van der Waals surface area contributed by atoms with Gasteiger partial charge in [0, 0.05) is 26.3 Å². The second-order valence-corrected chi connectivity index (χ2v) is 2.51. The summed E-state index contributed by atoms with van der Waals surface area (Å²) >= 11 is 0. The fourth-order valence-corrected chi connectivity index (χ4v) is 0.761. The van der Waals surface area contributed by atoms with Gasteiger partial charge in [-0.2, -0.15) is 0 Å². The highest BCUT2D eigenvalue weighted by atomic mass is 16.5. The molecule has 0 aromatic heterocycles. The molecule has 3 nitrogen and oxygen atoms in total. The zero-order valence-electron chi connectivity index (χ0n) is 7.72. The molecule has 0 aliphatic carbocycles. The zero-order chi connectivity index (χ0) is 8.53. The summed E-state index contributed by atoms with van der Waals surface area (Å²) < 4.78 is 10.1. The quantitative estimate of drug-likeness (QED) is 0.556. The molecule has 0 rings (SSSR count). The Morgan fingerprint density at radius 1 is 1.45 bits per heavy atom. The lowest BCUT2D eigenvalue weighted by Gasteiger charge is -2.12. The van der Waals surface area contributed by atoms with E-state index in [1.54, 1.807) is 7.11 Å². The third kappa shape index (κ3) is 7.78. The van der Waals surface area contributed by atoms with Crippen molar-refractivity contribution in [2.75, 3.05) is 33.5 Å². The summed E-state index contributed by atoms with van der Waals surface area (Å²) in [6.07, 6.45) is 0. The molecular weight excluding hydrogens is 142 g/mol. The highest BCUT2D eigenvalue weighted by molar-refractivity contribution is 4.57. The van der Waals surface area contributed by atoms with Crippen LogP contribution >= 0.6 is 0 Å². The van der Waals surface area contributed by atoms with Crippen molar-refractivity contribution in [3.8, 4) is 0 Å². The molecule has 3 heteroatoms. The number of nitrogens with one attached hydrogen (secondary N) is 1. The van der Waals surface area contributed by atoms with Crippen LogP contribution in [0.25, 0.3) is 0 Å². The third-order valence-electron chi connectivity index (χ3n) is 1.37. The molecule has 0 amide bonds. The standard InChI is InChI=1S/C8H19NO2/c1-4-11-7-8(2)9-5-6-10-3/h8-9H,4-7H2,1-3H3. The zero-order valence-corrected chi connectivity index (χ0v) is 7.72. The second kappa shape index (κ2) is 7.98. The molecule has 0 bridgehead atoms. The van der Waals surface area contributed by atoms with Gasteiger partial charge in [-0.3, -0.25) is 0 Å². The first kappa shape index (κ1) is 10.9. The van der Waals surface area contributed by atoms with Gasteiger partial charge in [0.1, 0.15) is 0 Å². The molecule has 1 N–H and O–H groups in total. The van der Waals surface area contributed by atoms with Gasteiger partial charge in [0.05, 0.1) is 13.2 Å². The average molecular weight is 161 g/mol. The Balaban J connectivity index is 3.02. The van der Waals surface area contributed by atoms with Gasteiger partial charge in [-0.15, -0.1) is 0 Å². The molecule has 0 fully saturated rings. The van der Waals surface area contributed by atoms with E-state index < -0.39 is 0 Å². The number of methoxy groups -OCH3 is 1. The fourth-order valence-electron chi connectivity index (χ4n) is 0.761. The lowest BCUT2D eigenvalue weighted by atomic mass is 10.3. The lowest BCUT2D eigenvalue weighted by Crippen LogP contribution is -2.33. The molecule has 0 aromatic carbocycles. The van der Waals surface area contributed by atoms with Crippen molar-refractivity contribution in [3.63, 3.8) is 0 Å². The number of hydrogen-bond acceptors (Lipinski definition) is 3. The van der Waals surface area contributed by atoms with Crippen LogP contribution < -0.4 is 5.32 Å². The van der Waals surface area contributed by atoms with Gasteiger partial charge in [0.15, 0.2) is 0 Å². The lowest BCUT2D eigenvalue weighted by molar-refractivity contribution is 0.122. The van der Waals surface area contributed by atoms with Crippen LogP contribution in [0.3, 0.4) is 0 Å². The Kier molecular flexibility index (Phi) is 7.89. The normalized spacial score (nSPS) is 13.4. The molecule has 11 heavy (non-hydrogen) atoms. The summed E-state index contributed by atoms with van der Waals surface area (Å²) in [4.78, 5) is 0. The van der Waals surface area contributed by atoms with Gasteiger partial charge in [-0.1, -0.05) is 0 Å². The number of ether oxygens (including phenoxy) is 2. The van der Waals surface area contributed by atoms with E-state index in [9.17, 15) is 0 Å². The van der Waals surface area contributed by atoms with Crippen molar-refractivity contribution in [3.05, 3.63) is 0 Å². The smallest absolute Gasteiger partial charge is 0.0616 e. The predicted octanol–water partition coefficient (Wildman–Crippen LogP) is 0.647. The van der Waals surface area contributed by atoms with E-state index in [1.807, 2.05) is 6.92 Å². The van der Waals surface area contributed by atoms with Gasteiger partial charge in [-0.25, -0.2) is 0 Å². The average Bonchev–Trinajstić information content (AvgIpc) is 2.01. The minimum Gasteiger partial charge on any atom is -0.383 e. The second-order valence-electron chi connectivity index (χ2n) is 2.51. The highest BCUT2D eigenvalue weighted by Gasteiger charge is 1.98. The minimum atomic E-state index is 0.421. The van der Waals surface area contributed by atoms with Gasteiger partial charge in [0.25, 0.3) is 0 Å². The SMILES string of the molecule is CCOCC(C)NCCOC. The van der Waals surface area contributed by atoms with E-state index in [0.29, 0.717) is 6.04 Å². The first-order chi connectivity index (χ1) is 5.31. The van der Waals surface area contributed by atoms with Crippen LogP contribution in [0.1, 0.15) is 13.8 Å². The van der Waals surface area contributed by atoms with Gasteiger partial charge < -0.3 is 14.8 Å². The number of rotatable bonds is 7. The predicted molar refractivity (Wildman–Crippen MR) is 45.8 cm³/mol. The molecule has 0 heterocycles. The van der Waals surface area contributed by atoms with E-state index >= 15 is 0 Å². The van der Waals surface area contributed by atoms with E-state index in [4.69, 9.17) is 9.47 Å². The van der Waals surface area contributed by atoms with Crippen molar-refractivity contribution in [2.45, 2.75) is 19.9 Å². The molecule has 0 aliphatic heterocycles.